The number of rotatable bonds is 18. The third-order valence-corrected chi connectivity index (χ3v) is 3.34. The predicted molar refractivity (Wildman–Crippen MR) is 99.4 cm³/mol. The molecule has 9 nitrogen and oxygen atoms in total. The molecule has 0 fully saturated rings. The fourth-order valence-corrected chi connectivity index (χ4v) is 1.65. The second-order valence-corrected chi connectivity index (χ2v) is 5.99. The van der Waals surface area contributed by atoms with Crippen LogP contribution in [0.15, 0.2) is 0 Å². The van der Waals surface area contributed by atoms with Gasteiger partial charge in [-0.25, -0.2) is 0 Å². The molecule has 0 radical (unpaired) electrons. The van der Waals surface area contributed by atoms with Crippen LogP contribution in [-0.2, 0) is 33.3 Å². The van der Waals surface area contributed by atoms with E-state index in [1.807, 2.05) is 0 Å². The standard InChI is InChI=1S/C18H34N2O7/c1-4-17(22)19-5-6-24-7-8-25-9-10-26-11-12-27-14-18(23)20-13-16(21)15(2)3/h15H,4-14H2,1-3H3,(H,19,22)(H,20,23). The first-order valence-electron chi connectivity index (χ1n) is 9.34. The van der Waals surface area contributed by atoms with Gasteiger partial charge in [-0.15, -0.1) is 0 Å². The van der Waals surface area contributed by atoms with Crippen LogP contribution in [0.5, 0.6) is 0 Å². The summed E-state index contributed by atoms with van der Waals surface area (Å²) in [6.45, 7) is 8.69. The molecule has 0 aromatic carbocycles. The molecular weight excluding hydrogens is 356 g/mol. The predicted octanol–water partition coefficient (Wildman–Crippen LogP) is -0.0797. The lowest BCUT2D eigenvalue weighted by Gasteiger charge is -2.08. The Hall–Kier alpha value is -1.55. The van der Waals surface area contributed by atoms with Gasteiger partial charge in [-0.1, -0.05) is 20.8 Å². The molecule has 0 atom stereocenters. The quantitative estimate of drug-likeness (QED) is 0.315. The van der Waals surface area contributed by atoms with Crippen molar-refractivity contribution in [3.05, 3.63) is 0 Å². The Morgan fingerprint density at radius 1 is 0.741 bits per heavy atom. The van der Waals surface area contributed by atoms with Crippen LogP contribution in [0, 0.1) is 5.92 Å². The van der Waals surface area contributed by atoms with Crippen molar-refractivity contribution < 1.29 is 33.3 Å². The Kier molecular flexibility index (Phi) is 16.8. The number of ether oxygens (including phenoxy) is 4. The molecule has 2 N–H and O–H groups in total. The molecule has 0 spiro atoms. The highest BCUT2D eigenvalue weighted by Gasteiger charge is 2.08. The number of ketones is 1. The van der Waals surface area contributed by atoms with Gasteiger partial charge >= 0.3 is 0 Å². The van der Waals surface area contributed by atoms with Gasteiger partial charge in [-0.2, -0.15) is 0 Å². The van der Waals surface area contributed by atoms with Gasteiger partial charge < -0.3 is 29.6 Å². The average Bonchev–Trinajstić information content (AvgIpc) is 2.65. The zero-order valence-electron chi connectivity index (χ0n) is 16.7. The average molecular weight is 390 g/mol. The zero-order chi connectivity index (χ0) is 20.3. The minimum Gasteiger partial charge on any atom is -0.377 e. The summed E-state index contributed by atoms with van der Waals surface area (Å²) >= 11 is 0. The van der Waals surface area contributed by atoms with Crippen LogP contribution in [0.4, 0.5) is 0 Å². The fraction of sp³-hybridized carbons (Fsp3) is 0.833. The monoisotopic (exact) mass is 390 g/mol. The van der Waals surface area contributed by atoms with Crippen LogP contribution in [0.2, 0.25) is 0 Å². The third kappa shape index (κ3) is 17.6. The Morgan fingerprint density at radius 2 is 1.26 bits per heavy atom. The van der Waals surface area contributed by atoms with Gasteiger partial charge in [-0.05, 0) is 0 Å². The SMILES string of the molecule is CCC(=O)NCCOCCOCCOCCOCC(=O)NCC(=O)C(C)C. The molecule has 0 aliphatic heterocycles. The summed E-state index contributed by atoms with van der Waals surface area (Å²) < 4.78 is 21.1. The zero-order valence-corrected chi connectivity index (χ0v) is 16.7. The molecule has 0 bridgehead atoms. The molecular formula is C18H34N2O7. The lowest BCUT2D eigenvalue weighted by molar-refractivity contribution is -0.129. The van der Waals surface area contributed by atoms with Crippen LogP contribution < -0.4 is 10.6 Å². The normalized spacial score (nSPS) is 10.8. The number of carbonyl (C=O) groups excluding carboxylic acids is 3. The minimum absolute atomic E-state index is 0.0119. The number of hydrogen-bond donors (Lipinski definition) is 2. The van der Waals surface area contributed by atoms with Crippen molar-refractivity contribution in [1.82, 2.24) is 10.6 Å². The summed E-state index contributed by atoms with van der Waals surface area (Å²) in [7, 11) is 0. The van der Waals surface area contributed by atoms with Crippen molar-refractivity contribution in [3.63, 3.8) is 0 Å². The van der Waals surface area contributed by atoms with Crippen molar-refractivity contribution in [2.45, 2.75) is 27.2 Å². The summed E-state index contributed by atoms with van der Waals surface area (Å²) in [5.41, 5.74) is 0. The molecule has 0 aliphatic rings. The van der Waals surface area contributed by atoms with Gasteiger partial charge in [0.25, 0.3) is 0 Å². The lowest BCUT2D eigenvalue weighted by Crippen LogP contribution is -2.34. The summed E-state index contributed by atoms with van der Waals surface area (Å²) in [4.78, 5) is 33.8. The Balaban J connectivity index is 3.24. The number of amides is 2. The van der Waals surface area contributed by atoms with E-state index < -0.39 is 0 Å². The summed E-state index contributed by atoms with van der Waals surface area (Å²) in [6, 6.07) is 0. The van der Waals surface area contributed by atoms with E-state index in [1.165, 1.54) is 0 Å². The van der Waals surface area contributed by atoms with E-state index in [-0.39, 0.29) is 43.3 Å². The highest BCUT2D eigenvalue weighted by Crippen LogP contribution is 1.91. The van der Waals surface area contributed by atoms with E-state index in [1.54, 1.807) is 20.8 Å². The molecule has 0 unspecified atom stereocenters. The second-order valence-electron chi connectivity index (χ2n) is 5.99. The highest BCUT2D eigenvalue weighted by molar-refractivity contribution is 5.87. The summed E-state index contributed by atoms with van der Waals surface area (Å²) in [6.07, 6.45) is 0.473. The number of carbonyl (C=O) groups is 3. The molecule has 2 amide bonds. The molecule has 158 valence electrons. The summed E-state index contributed by atoms with van der Waals surface area (Å²) in [5.74, 6) is -0.415. The van der Waals surface area contributed by atoms with E-state index in [4.69, 9.17) is 18.9 Å². The van der Waals surface area contributed by atoms with Crippen molar-refractivity contribution in [2.24, 2.45) is 5.92 Å². The Morgan fingerprint density at radius 3 is 1.78 bits per heavy atom. The van der Waals surface area contributed by atoms with Crippen LogP contribution in [0.3, 0.4) is 0 Å². The first-order chi connectivity index (χ1) is 13.0. The number of Topliss-reactive ketones (excluding diaryl/α,β-unsaturated/α-hetero) is 1. The second kappa shape index (κ2) is 17.8. The maximum atomic E-state index is 11.4. The Labute approximate surface area is 161 Å². The maximum Gasteiger partial charge on any atom is 0.246 e. The third-order valence-electron chi connectivity index (χ3n) is 3.34. The van der Waals surface area contributed by atoms with Gasteiger partial charge in [-0.3, -0.25) is 14.4 Å². The molecule has 0 saturated heterocycles. The topological polar surface area (TPSA) is 112 Å². The largest absolute Gasteiger partial charge is 0.377 e. The summed E-state index contributed by atoms with van der Waals surface area (Å²) in [5, 5.41) is 5.22. The molecule has 0 saturated carbocycles. The molecule has 9 heteroatoms. The van der Waals surface area contributed by atoms with Crippen LogP contribution in [0.25, 0.3) is 0 Å². The van der Waals surface area contributed by atoms with E-state index in [0.717, 1.165) is 0 Å². The van der Waals surface area contributed by atoms with Crippen molar-refractivity contribution in [1.29, 1.82) is 0 Å². The molecule has 0 heterocycles. The smallest absolute Gasteiger partial charge is 0.246 e. The number of nitrogens with one attached hydrogen (secondary N) is 2. The van der Waals surface area contributed by atoms with Crippen LogP contribution in [-0.4, -0.2) is 83.5 Å². The van der Waals surface area contributed by atoms with Gasteiger partial charge in [0.15, 0.2) is 5.78 Å². The van der Waals surface area contributed by atoms with E-state index in [2.05, 4.69) is 10.6 Å². The maximum absolute atomic E-state index is 11.4. The van der Waals surface area contributed by atoms with Crippen molar-refractivity contribution in [2.75, 3.05) is 65.9 Å². The lowest BCUT2D eigenvalue weighted by atomic mass is 10.1. The van der Waals surface area contributed by atoms with Crippen molar-refractivity contribution >= 4 is 17.6 Å². The van der Waals surface area contributed by atoms with Gasteiger partial charge in [0.2, 0.25) is 11.8 Å². The minimum atomic E-state index is -0.318. The highest BCUT2D eigenvalue weighted by atomic mass is 16.6. The van der Waals surface area contributed by atoms with E-state index >= 15 is 0 Å². The first kappa shape index (κ1) is 25.4. The van der Waals surface area contributed by atoms with Gasteiger partial charge in [0.05, 0.1) is 52.8 Å². The van der Waals surface area contributed by atoms with Gasteiger partial charge in [0, 0.05) is 18.9 Å². The molecule has 0 aromatic heterocycles. The number of hydrogen-bond acceptors (Lipinski definition) is 7. The fourth-order valence-electron chi connectivity index (χ4n) is 1.65. The molecule has 0 aliphatic carbocycles. The van der Waals surface area contributed by atoms with Crippen molar-refractivity contribution in [3.8, 4) is 0 Å². The van der Waals surface area contributed by atoms with Crippen LogP contribution >= 0.6 is 0 Å². The Bertz CT molecular complexity index is 417. The molecule has 0 aromatic rings. The first-order valence-corrected chi connectivity index (χ1v) is 9.34. The van der Waals surface area contributed by atoms with Gasteiger partial charge in [0.1, 0.15) is 6.61 Å². The van der Waals surface area contributed by atoms with Crippen LogP contribution in [0.1, 0.15) is 27.2 Å². The molecule has 27 heavy (non-hydrogen) atoms. The van der Waals surface area contributed by atoms with E-state index in [0.29, 0.717) is 52.6 Å². The molecule has 0 rings (SSSR count). The van der Waals surface area contributed by atoms with E-state index in [9.17, 15) is 14.4 Å².